The van der Waals surface area contributed by atoms with Crippen molar-refractivity contribution >= 4 is 22.9 Å². The zero-order chi connectivity index (χ0) is 11.7. The van der Waals surface area contributed by atoms with Gasteiger partial charge in [0.2, 0.25) is 0 Å². The minimum Gasteiger partial charge on any atom is -0.377 e. The third-order valence-corrected chi connectivity index (χ3v) is 4.28. The van der Waals surface area contributed by atoms with E-state index in [2.05, 4.69) is 21.9 Å². The standard InChI is InChI=1S/C12H13N3OS/c1-8-10(4-7-16-8)17-11-3-2-9-12(15-11)14-6-5-13-9/h2-3,5-6,8,10H,4,7H2,1H3/t8-,10-/m1/s1. The van der Waals surface area contributed by atoms with E-state index in [1.807, 2.05) is 12.1 Å². The normalized spacial score (nSPS) is 24.3. The molecule has 5 heteroatoms. The Morgan fingerprint density at radius 2 is 2.18 bits per heavy atom. The molecule has 3 rings (SSSR count). The van der Waals surface area contributed by atoms with Crippen LogP contribution >= 0.6 is 11.8 Å². The molecule has 1 fully saturated rings. The average molecular weight is 247 g/mol. The molecule has 88 valence electrons. The number of pyridine rings is 1. The van der Waals surface area contributed by atoms with Crippen LogP contribution in [0.4, 0.5) is 0 Å². The van der Waals surface area contributed by atoms with Gasteiger partial charge in [0.05, 0.1) is 11.1 Å². The third kappa shape index (κ3) is 2.25. The monoisotopic (exact) mass is 247 g/mol. The van der Waals surface area contributed by atoms with Gasteiger partial charge in [-0.1, -0.05) is 0 Å². The molecule has 2 aromatic heterocycles. The van der Waals surface area contributed by atoms with Crippen LogP contribution < -0.4 is 0 Å². The van der Waals surface area contributed by atoms with E-state index < -0.39 is 0 Å². The van der Waals surface area contributed by atoms with Crippen molar-refractivity contribution in [3.05, 3.63) is 24.5 Å². The Hall–Kier alpha value is -1.20. The quantitative estimate of drug-likeness (QED) is 0.815. The zero-order valence-corrected chi connectivity index (χ0v) is 10.4. The second-order valence-corrected chi connectivity index (χ2v) is 5.33. The summed E-state index contributed by atoms with van der Waals surface area (Å²) in [6.07, 6.45) is 4.75. The molecule has 3 heterocycles. The van der Waals surface area contributed by atoms with Crippen molar-refractivity contribution in [1.82, 2.24) is 15.0 Å². The van der Waals surface area contributed by atoms with Gasteiger partial charge in [-0.3, -0.25) is 4.98 Å². The molecule has 1 aliphatic heterocycles. The summed E-state index contributed by atoms with van der Waals surface area (Å²) < 4.78 is 5.55. The summed E-state index contributed by atoms with van der Waals surface area (Å²) in [5, 5.41) is 1.50. The Bertz CT molecular complexity index is 534. The van der Waals surface area contributed by atoms with Crippen LogP contribution in [0.3, 0.4) is 0 Å². The molecule has 2 aromatic rings. The van der Waals surface area contributed by atoms with Gasteiger partial charge in [0, 0.05) is 24.3 Å². The lowest BCUT2D eigenvalue weighted by molar-refractivity contribution is 0.127. The maximum Gasteiger partial charge on any atom is 0.179 e. The van der Waals surface area contributed by atoms with Crippen LogP contribution in [-0.4, -0.2) is 32.9 Å². The molecule has 0 saturated carbocycles. The van der Waals surface area contributed by atoms with Crippen LogP contribution in [0.15, 0.2) is 29.6 Å². The molecule has 4 nitrogen and oxygen atoms in total. The molecule has 0 radical (unpaired) electrons. The van der Waals surface area contributed by atoms with Gasteiger partial charge < -0.3 is 4.74 Å². The Balaban J connectivity index is 1.85. The van der Waals surface area contributed by atoms with Gasteiger partial charge in [-0.2, -0.15) is 0 Å². The van der Waals surface area contributed by atoms with Gasteiger partial charge in [0.15, 0.2) is 5.65 Å². The minimum absolute atomic E-state index is 0.305. The Labute approximate surface area is 104 Å². The summed E-state index contributed by atoms with van der Waals surface area (Å²) in [5.74, 6) is 0. The van der Waals surface area contributed by atoms with Crippen molar-refractivity contribution in [2.24, 2.45) is 0 Å². The summed E-state index contributed by atoms with van der Waals surface area (Å²) in [4.78, 5) is 12.9. The lowest BCUT2D eigenvalue weighted by atomic mass is 10.3. The van der Waals surface area contributed by atoms with E-state index in [0.29, 0.717) is 17.0 Å². The third-order valence-electron chi connectivity index (χ3n) is 2.88. The van der Waals surface area contributed by atoms with Crippen molar-refractivity contribution in [2.75, 3.05) is 6.61 Å². The van der Waals surface area contributed by atoms with Gasteiger partial charge in [-0.15, -0.1) is 11.8 Å². The van der Waals surface area contributed by atoms with E-state index >= 15 is 0 Å². The van der Waals surface area contributed by atoms with Crippen LogP contribution in [0.1, 0.15) is 13.3 Å². The molecule has 1 saturated heterocycles. The Morgan fingerprint density at radius 1 is 1.29 bits per heavy atom. The first-order valence-corrected chi connectivity index (χ1v) is 6.57. The molecular weight excluding hydrogens is 234 g/mol. The number of ether oxygens (including phenoxy) is 1. The predicted molar refractivity (Wildman–Crippen MR) is 67.0 cm³/mol. The van der Waals surface area contributed by atoms with E-state index in [9.17, 15) is 0 Å². The van der Waals surface area contributed by atoms with Crippen molar-refractivity contribution in [1.29, 1.82) is 0 Å². The van der Waals surface area contributed by atoms with Gasteiger partial charge in [0.25, 0.3) is 0 Å². The number of hydrogen-bond acceptors (Lipinski definition) is 5. The van der Waals surface area contributed by atoms with Crippen molar-refractivity contribution < 1.29 is 4.74 Å². The van der Waals surface area contributed by atoms with E-state index in [-0.39, 0.29) is 0 Å². The summed E-state index contributed by atoms with van der Waals surface area (Å²) in [5.41, 5.74) is 1.55. The highest BCUT2D eigenvalue weighted by Crippen LogP contribution is 2.31. The first kappa shape index (κ1) is 10.9. The fourth-order valence-corrected chi connectivity index (χ4v) is 3.00. The summed E-state index contributed by atoms with van der Waals surface area (Å²) in [6, 6.07) is 3.98. The fourth-order valence-electron chi connectivity index (χ4n) is 1.92. The number of rotatable bonds is 2. The molecule has 0 amide bonds. The van der Waals surface area contributed by atoms with E-state index in [4.69, 9.17) is 4.74 Å². The first-order chi connectivity index (χ1) is 8.33. The number of nitrogens with zero attached hydrogens (tertiary/aromatic N) is 3. The van der Waals surface area contributed by atoms with E-state index in [0.717, 1.165) is 23.6 Å². The molecule has 17 heavy (non-hydrogen) atoms. The van der Waals surface area contributed by atoms with Crippen molar-refractivity contribution in [3.63, 3.8) is 0 Å². The Morgan fingerprint density at radius 3 is 3.00 bits per heavy atom. The first-order valence-electron chi connectivity index (χ1n) is 5.69. The van der Waals surface area contributed by atoms with Gasteiger partial charge in [-0.05, 0) is 25.5 Å². The van der Waals surface area contributed by atoms with Crippen LogP contribution in [0, 0.1) is 0 Å². The van der Waals surface area contributed by atoms with Crippen LogP contribution in [-0.2, 0) is 4.74 Å². The molecular formula is C12H13N3OS. The van der Waals surface area contributed by atoms with Gasteiger partial charge in [-0.25, -0.2) is 9.97 Å². The molecule has 0 unspecified atom stereocenters. The maximum absolute atomic E-state index is 5.55. The molecule has 0 aromatic carbocycles. The summed E-state index contributed by atoms with van der Waals surface area (Å²) in [6.45, 7) is 2.97. The van der Waals surface area contributed by atoms with Crippen molar-refractivity contribution in [2.45, 2.75) is 29.7 Å². The van der Waals surface area contributed by atoms with E-state index in [1.54, 1.807) is 24.2 Å². The van der Waals surface area contributed by atoms with Crippen molar-refractivity contribution in [3.8, 4) is 0 Å². The van der Waals surface area contributed by atoms with Gasteiger partial charge in [0.1, 0.15) is 5.52 Å². The lowest BCUT2D eigenvalue weighted by Gasteiger charge is -2.12. The largest absolute Gasteiger partial charge is 0.377 e. The highest BCUT2D eigenvalue weighted by atomic mass is 32.2. The molecule has 0 N–H and O–H groups in total. The second-order valence-electron chi connectivity index (χ2n) is 4.07. The fraction of sp³-hybridized carbons (Fsp3) is 0.417. The number of thioether (sulfide) groups is 1. The number of aromatic nitrogens is 3. The molecule has 1 aliphatic rings. The molecule has 0 aliphatic carbocycles. The second kappa shape index (κ2) is 4.58. The predicted octanol–water partition coefficient (Wildman–Crippen LogP) is 2.29. The molecule has 0 bridgehead atoms. The Kier molecular flexibility index (Phi) is 2.94. The SMILES string of the molecule is C[C@H]1OCC[C@H]1Sc1ccc2nccnc2n1. The van der Waals surface area contributed by atoms with Crippen LogP contribution in [0.2, 0.25) is 0 Å². The van der Waals surface area contributed by atoms with E-state index in [1.165, 1.54) is 0 Å². The number of fused-ring (bicyclic) bond motifs is 1. The summed E-state index contributed by atoms with van der Waals surface area (Å²) >= 11 is 1.77. The highest BCUT2D eigenvalue weighted by Gasteiger charge is 2.25. The minimum atomic E-state index is 0.305. The van der Waals surface area contributed by atoms with Crippen LogP contribution in [0.25, 0.3) is 11.2 Å². The lowest BCUT2D eigenvalue weighted by Crippen LogP contribution is -2.13. The summed E-state index contributed by atoms with van der Waals surface area (Å²) in [7, 11) is 0. The van der Waals surface area contributed by atoms with Gasteiger partial charge >= 0.3 is 0 Å². The van der Waals surface area contributed by atoms with Crippen LogP contribution in [0.5, 0.6) is 0 Å². The molecule has 0 spiro atoms. The highest BCUT2D eigenvalue weighted by molar-refractivity contribution is 7.99. The average Bonchev–Trinajstić information content (AvgIpc) is 2.75. The number of hydrogen-bond donors (Lipinski definition) is 0. The maximum atomic E-state index is 5.55. The smallest absolute Gasteiger partial charge is 0.179 e. The molecule has 2 atom stereocenters. The zero-order valence-electron chi connectivity index (χ0n) is 9.54. The topological polar surface area (TPSA) is 47.9 Å².